The third-order valence-electron chi connectivity index (χ3n) is 5.64. The summed E-state index contributed by atoms with van der Waals surface area (Å²) in [5.41, 5.74) is 1.94. The van der Waals surface area contributed by atoms with Crippen molar-refractivity contribution in [2.45, 2.75) is 45.3 Å². The number of hydrogen-bond acceptors (Lipinski definition) is 3. The summed E-state index contributed by atoms with van der Waals surface area (Å²) < 4.78 is 6.71. The van der Waals surface area contributed by atoms with E-state index < -0.39 is 6.04 Å². The van der Waals surface area contributed by atoms with Crippen molar-refractivity contribution >= 4 is 27.7 Å². The van der Waals surface area contributed by atoms with Gasteiger partial charge in [0.05, 0.1) is 0 Å². The predicted octanol–water partition coefficient (Wildman–Crippen LogP) is 5.38. The molecule has 0 saturated carbocycles. The normalized spacial score (nSPS) is 12.4. The van der Waals surface area contributed by atoms with Gasteiger partial charge >= 0.3 is 0 Å². The summed E-state index contributed by atoms with van der Waals surface area (Å²) in [6.45, 7) is 4.15. The van der Waals surface area contributed by atoms with Crippen molar-refractivity contribution in [2.24, 2.45) is 0 Å². The van der Waals surface area contributed by atoms with E-state index in [1.165, 1.54) is 0 Å². The van der Waals surface area contributed by atoms with Crippen LogP contribution in [0.15, 0.2) is 89.4 Å². The largest absolute Gasteiger partial charge is 0.484 e. The molecule has 1 N–H and O–H groups in total. The fourth-order valence-electron chi connectivity index (χ4n) is 3.53. The van der Waals surface area contributed by atoms with Crippen molar-refractivity contribution in [1.29, 1.82) is 0 Å². The zero-order chi connectivity index (χ0) is 24.3. The van der Waals surface area contributed by atoms with Gasteiger partial charge in [0.25, 0.3) is 5.91 Å². The van der Waals surface area contributed by atoms with E-state index in [-0.39, 0.29) is 24.5 Å². The highest BCUT2D eigenvalue weighted by Crippen LogP contribution is 2.18. The molecule has 178 valence electrons. The first-order valence-corrected chi connectivity index (χ1v) is 12.3. The number of nitrogens with one attached hydrogen (secondary N) is 1. The van der Waals surface area contributed by atoms with E-state index in [1.54, 1.807) is 17.0 Å². The van der Waals surface area contributed by atoms with Crippen LogP contribution in [-0.4, -0.2) is 35.4 Å². The lowest BCUT2D eigenvalue weighted by Gasteiger charge is -2.32. The zero-order valence-corrected chi connectivity index (χ0v) is 21.2. The minimum Gasteiger partial charge on any atom is -0.484 e. The number of ether oxygens (including phenoxy) is 1. The van der Waals surface area contributed by atoms with Crippen LogP contribution in [-0.2, 0) is 22.6 Å². The van der Waals surface area contributed by atoms with E-state index in [9.17, 15) is 9.59 Å². The molecule has 0 spiro atoms. The van der Waals surface area contributed by atoms with Crippen LogP contribution in [0.2, 0.25) is 0 Å². The lowest BCUT2D eigenvalue weighted by atomic mass is 10.0. The number of amides is 2. The summed E-state index contributed by atoms with van der Waals surface area (Å²) in [5, 5.41) is 3.07. The second-order valence-corrected chi connectivity index (χ2v) is 9.19. The lowest BCUT2D eigenvalue weighted by Crippen LogP contribution is -2.53. The molecular weight excluding hydrogens is 492 g/mol. The first kappa shape index (κ1) is 25.5. The first-order chi connectivity index (χ1) is 16.5. The van der Waals surface area contributed by atoms with Crippen LogP contribution in [0.25, 0.3) is 0 Å². The van der Waals surface area contributed by atoms with Gasteiger partial charge in [0, 0.05) is 23.5 Å². The summed E-state index contributed by atoms with van der Waals surface area (Å²) in [6.07, 6.45) is 1.23. The molecule has 0 radical (unpaired) electrons. The zero-order valence-electron chi connectivity index (χ0n) is 19.6. The fraction of sp³-hybridized carbons (Fsp3) is 0.286. The molecule has 0 fully saturated rings. The molecule has 0 heterocycles. The average Bonchev–Trinajstić information content (AvgIpc) is 2.86. The number of nitrogens with zero attached hydrogens (tertiary/aromatic N) is 1. The second-order valence-electron chi connectivity index (χ2n) is 8.27. The summed E-state index contributed by atoms with van der Waals surface area (Å²) >= 11 is 3.40. The molecule has 2 amide bonds. The van der Waals surface area contributed by atoms with Crippen LogP contribution in [0.3, 0.4) is 0 Å². The third kappa shape index (κ3) is 7.73. The maximum atomic E-state index is 13.5. The van der Waals surface area contributed by atoms with E-state index in [0.717, 1.165) is 22.0 Å². The summed E-state index contributed by atoms with van der Waals surface area (Å²) in [5.74, 6) is 0.193. The van der Waals surface area contributed by atoms with E-state index in [0.29, 0.717) is 18.7 Å². The molecule has 0 aliphatic carbocycles. The SMILES string of the molecule is CCC(C)NC(=O)C(Cc1ccccc1)N(Cc1ccccc1)C(=O)COc1ccc(Br)cc1. The number of benzene rings is 3. The minimum absolute atomic E-state index is 0.0125. The molecule has 0 aliphatic rings. The van der Waals surface area contributed by atoms with Crippen LogP contribution >= 0.6 is 15.9 Å². The van der Waals surface area contributed by atoms with E-state index >= 15 is 0 Å². The van der Waals surface area contributed by atoms with Crippen LogP contribution in [0, 0.1) is 0 Å². The Morgan fingerprint density at radius 1 is 0.912 bits per heavy atom. The molecular formula is C28H31BrN2O3. The van der Waals surface area contributed by atoms with Gasteiger partial charge in [-0.3, -0.25) is 9.59 Å². The number of carbonyl (C=O) groups excluding carboxylic acids is 2. The molecule has 2 unspecified atom stereocenters. The molecule has 6 heteroatoms. The number of hydrogen-bond donors (Lipinski definition) is 1. The molecule has 3 aromatic rings. The maximum absolute atomic E-state index is 13.5. The summed E-state index contributed by atoms with van der Waals surface area (Å²) in [4.78, 5) is 28.5. The van der Waals surface area contributed by atoms with Gasteiger partial charge in [-0.1, -0.05) is 83.5 Å². The van der Waals surface area contributed by atoms with Crippen molar-refractivity contribution in [1.82, 2.24) is 10.2 Å². The molecule has 5 nitrogen and oxygen atoms in total. The average molecular weight is 523 g/mol. The van der Waals surface area contributed by atoms with Crippen molar-refractivity contribution in [3.8, 4) is 5.75 Å². The second kappa shape index (κ2) is 12.9. The van der Waals surface area contributed by atoms with Crippen LogP contribution in [0.1, 0.15) is 31.4 Å². The maximum Gasteiger partial charge on any atom is 0.261 e. The van der Waals surface area contributed by atoms with Gasteiger partial charge in [0.2, 0.25) is 5.91 Å². The monoisotopic (exact) mass is 522 g/mol. The topological polar surface area (TPSA) is 58.6 Å². The Hall–Kier alpha value is -3.12. The van der Waals surface area contributed by atoms with Crippen LogP contribution in [0.5, 0.6) is 5.75 Å². The molecule has 0 aliphatic heterocycles. The molecule has 0 bridgehead atoms. The highest BCUT2D eigenvalue weighted by atomic mass is 79.9. The highest BCUT2D eigenvalue weighted by molar-refractivity contribution is 9.10. The number of rotatable bonds is 11. The summed E-state index contributed by atoms with van der Waals surface area (Å²) in [7, 11) is 0. The number of carbonyl (C=O) groups is 2. The quantitative estimate of drug-likeness (QED) is 0.367. The lowest BCUT2D eigenvalue weighted by molar-refractivity contribution is -0.143. The van der Waals surface area contributed by atoms with Gasteiger partial charge in [-0.05, 0) is 48.7 Å². The standard InChI is InChI=1S/C28H31BrN2O3/c1-3-21(2)30-28(33)26(18-22-10-6-4-7-11-22)31(19-23-12-8-5-9-13-23)27(32)20-34-25-16-14-24(29)15-17-25/h4-17,21,26H,3,18-20H2,1-2H3,(H,30,33). The van der Waals surface area contributed by atoms with E-state index in [2.05, 4.69) is 21.2 Å². The van der Waals surface area contributed by atoms with Crippen molar-refractivity contribution < 1.29 is 14.3 Å². The molecule has 0 saturated heterocycles. The Morgan fingerprint density at radius 3 is 2.09 bits per heavy atom. The van der Waals surface area contributed by atoms with Gasteiger partial charge in [0.1, 0.15) is 11.8 Å². The Labute approximate surface area is 210 Å². The van der Waals surface area contributed by atoms with Crippen LogP contribution < -0.4 is 10.1 Å². The van der Waals surface area contributed by atoms with Gasteiger partial charge in [-0.15, -0.1) is 0 Å². The smallest absolute Gasteiger partial charge is 0.261 e. The Bertz CT molecular complexity index is 1040. The fourth-order valence-corrected chi connectivity index (χ4v) is 3.80. The van der Waals surface area contributed by atoms with Gasteiger partial charge in [0.15, 0.2) is 6.61 Å². The minimum atomic E-state index is -0.669. The molecule has 0 aromatic heterocycles. The Kier molecular flexibility index (Phi) is 9.71. The first-order valence-electron chi connectivity index (χ1n) is 11.5. The van der Waals surface area contributed by atoms with Crippen LogP contribution in [0.4, 0.5) is 0 Å². The van der Waals surface area contributed by atoms with Gasteiger partial charge in [-0.2, -0.15) is 0 Å². The van der Waals surface area contributed by atoms with Crippen molar-refractivity contribution in [3.05, 3.63) is 101 Å². The molecule has 3 aromatic carbocycles. The Morgan fingerprint density at radius 2 is 1.50 bits per heavy atom. The van der Waals surface area contributed by atoms with Gasteiger partial charge < -0.3 is 15.0 Å². The number of halogens is 1. The predicted molar refractivity (Wildman–Crippen MR) is 138 cm³/mol. The van der Waals surface area contributed by atoms with E-state index in [4.69, 9.17) is 4.74 Å². The van der Waals surface area contributed by atoms with Crippen molar-refractivity contribution in [3.63, 3.8) is 0 Å². The molecule has 34 heavy (non-hydrogen) atoms. The molecule has 2 atom stereocenters. The summed E-state index contributed by atoms with van der Waals surface area (Å²) in [6, 6.07) is 26.2. The van der Waals surface area contributed by atoms with Gasteiger partial charge in [-0.25, -0.2) is 0 Å². The highest BCUT2D eigenvalue weighted by Gasteiger charge is 2.31. The Balaban J connectivity index is 1.88. The third-order valence-corrected chi connectivity index (χ3v) is 6.17. The molecule has 3 rings (SSSR count). The van der Waals surface area contributed by atoms with E-state index in [1.807, 2.05) is 86.6 Å². The van der Waals surface area contributed by atoms with Crippen molar-refractivity contribution in [2.75, 3.05) is 6.61 Å².